The van der Waals surface area contributed by atoms with E-state index in [-0.39, 0.29) is 6.07 Å². The first-order valence-corrected chi connectivity index (χ1v) is 4.45. The molecule has 0 heterocycles. The van der Waals surface area contributed by atoms with E-state index in [0.29, 0.717) is 0 Å². The molecule has 2 N–H and O–H groups in total. The Bertz CT molecular complexity index is 628. The first-order valence-electron chi connectivity index (χ1n) is 4.45. The highest BCUT2D eigenvalue weighted by atomic mass is 19.4. The summed E-state index contributed by atoms with van der Waals surface area (Å²) in [6, 6.07) is -0.0643. The van der Waals surface area contributed by atoms with Gasteiger partial charge >= 0.3 is 17.6 Å². The number of nitro benzene ring substituents is 3. The lowest BCUT2D eigenvalue weighted by atomic mass is 10.1. The van der Waals surface area contributed by atoms with Crippen LogP contribution < -0.4 is 5.73 Å². The van der Waals surface area contributed by atoms with Crippen molar-refractivity contribution in [2.24, 2.45) is 0 Å². The Morgan fingerprint density at radius 2 is 1.40 bits per heavy atom. The first kappa shape index (κ1) is 15.1. The smallest absolute Gasteiger partial charge is 0.387 e. The van der Waals surface area contributed by atoms with Crippen LogP contribution in [0.4, 0.5) is 35.9 Å². The maximum atomic E-state index is 12.7. The number of anilines is 1. The Kier molecular flexibility index (Phi) is 3.46. The number of hydrogen-bond donors (Lipinski definition) is 1. The summed E-state index contributed by atoms with van der Waals surface area (Å²) >= 11 is 0. The number of benzene rings is 1. The van der Waals surface area contributed by atoms with Gasteiger partial charge in [0, 0.05) is 0 Å². The summed E-state index contributed by atoms with van der Waals surface area (Å²) < 4.78 is 38.1. The van der Waals surface area contributed by atoms with Gasteiger partial charge in [-0.1, -0.05) is 0 Å². The number of alkyl halides is 3. The molecule has 13 heteroatoms. The van der Waals surface area contributed by atoms with Gasteiger partial charge in [-0.2, -0.15) is 13.2 Å². The van der Waals surface area contributed by atoms with E-state index in [0.717, 1.165) is 0 Å². The fourth-order valence-corrected chi connectivity index (χ4v) is 1.42. The second-order valence-electron chi connectivity index (χ2n) is 3.32. The average Bonchev–Trinajstić information content (AvgIpc) is 2.25. The fraction of sp³-hybridized carbons (Fsp3) is 0.143. The molecular weight excluding hydrogens is 293 g/mol. The van der Waals surface area contributed by atoms with Crippen molar-refractivity contribution in [3.63, 3.8) is 0 Å². The average molecular weight is 296 g/mol. The number of hydrogen-bond acceptors (Lipinski definition) is 7. The molecule has 1 rings (SSSR count). The van der Waals surface area contributed by atoms with Gasteiger partial charge in [-0.05, 0) is 0 Å². The molecule has 0 bridgehead atoms. The van der Waals surface area contributed by atoms with E-state index >= 15 is 0 Å². The lowest BCUT2D eigenvalue weighted by molar-refractivity contribution is -0.406. The lowest BCUT2D eigenvalue weighted by Crippen LogP contribution is -2.15. The number of halogens is 3. The molecule has 0 radical (unpaired) electrons. The van der Waals surface area contributed by atoms with Crippen LogP contribution >= 0.6 is 0 Å². The summed E-state index contributed by atoms with van der Waals surface area (Å²) in [5.41, 5.74) is -3.78. The standard InChI is InChI=1S/C7H3F3N4O6/c8-7(9,10)4-2(12(15)16)1-3(13(17)18)5(11)6(4)14(19)20/h1H,11H2. The van der Waals surface area contributed by atoms with Crippen molar-refractivity contribution in [2.75, 3.05) is 5.73 Å². The van der Waals surface area contributed by atoms with Crippen molar-refractivity contribution >= 4 is 22.7 Å². The Morgan fingerprint density at radius 1 is 0.950 bits per heavy atom. The van der Waals surface area contributed by atoms with E-state index < -0.39 is 49.3 Å². The van der Waals surface area contributed by atoms with Gasteiger partial charge < -0.3 is 5.73 Å². The van der Waals surface area contributed by atoms with Crippen LogP contribution in [0.15, 0.2) is 6.07 Å². The highest BCUT2D eigenvalue weighted by Gasteiger charge is 2.49. The molecule has 0 saturated heterocycles. The minimum Gasteiger partial charge on any atom is -0.387 e. The predicted molar refractivity (Wildman–Crippen MR) is 55.8 cm³/mol. The number of rotatable bonds is 3. The predicted octanol–water partition coefficient (Wildman–Crippen LogP) is 2.01. The molecule has 1 aromatic rings. The number of nitrogen functional groups attached to an aromatic ring is 1. The first-order chi connectivity index (χ1) is 8.98. The zero-order chi connectivity index (χ0) is 15.8. The third kappa shape index (κ3) is 2.40. The molecule has 0 aliphatic carbocycles. The summed E-state index contributed by atoms with van der Waals surface area (Å²) in [4.78, 5) is 27.1. The van der Waals surface area contributed by atoms with Gasteiger partial charge in [0.05, 0.1) is 20.8 Å². The minimum absolute atomic E-state index is 0.0643. The lowest BCUT2D eigenvalue weighted by Gasteiger charge is -2.09. The zero-order valence-corrected chi connectivity index (χ0v) is 9.08. The zero-order valence-electron chi connectivity index (χ0n) is 9.08. The molecule has 0 unspecified atom stereocenters. The number of nitro groups is 3. The second kappa shape index (κ2) is 4.60. The van der Waals surface area contributed by atoms with Crippen LogP contribution in [-0.4, -0.2) is 14.8 Å². The monoisotopic (exact) mass is 296 g/mol. The molecule has 0 spiro atoms. The highest BCUT2D eigenvalue weighted by molar-refractivity contribution is 5.79. The Labute approximate surface area is 106 Å². The summed E-state index contributed by atoms with van der Waals surface area (Å²) in [6.07, 6.45) is -5.48. The van der Waals surface area contributed by atoms with Crippen molar-refractivity contribution < 1.29 is 27.9 Å². The molecule has 0 amide bonds. The molecule has 0 saturated carbocycles. The van der Waals surface area contributed by atoms with E-state index in [4.69, 9.17) is 5.73 Å². The van der Waals surface area contributed by atoms with Crippen LogP contribution in [-0.2, 0) is 6.18 Å². The molecule has 0 aliphatic heterocycles. The van der Waals surface area contributed by atoms with Crippen molar-refractivity contribution in [3.05, 3.63) is 42.0 Å². The van der Waals surface area contributed by atoms with Crippen LogP contribution in [0.3, 0.4) is 0 Å². The summed E-state index contributed by atoms with van der Waals surface area (Å²) in [5.74, 6) is 0. The van der Waals surface area contributed by atoms with E-state index in [1.54, 1.807) is 0 Å². The van der Waals surface area contributed by atoms with Crippen molar-refractivity contribution in [3.8, 4) is 0 Å². The highest BCUT2D eigenvalue weighted by Crippen LogP contribution is 2.48. The van der Waals surface area contributed by atoms with Crippen LogP contribution in [0.2, 0.25) is 0 Å². The van der Waals surface area contributed by atoms with E-state index in [1.807, 2.05) is 0 Å². The van der Waals surface area contributed by atoms with E-state index in [9.17, 15) is 43.5 Å². The maximum absolute atomic E-state index is 12.7. The third-order valence-corrected chi connectivity index (χ3v) is 2.16. The Morgan fingerprint density at radius 3 is 1.70 bits per heavy atom. The molecule has 10 nitrogen and oxygen atoms in total. The van der Waals surface area contributed by atoms with Gasteiger partial charge in [0.2, 0.25) is 5.56 Å². The molecular formula is C7H3F3N4O6. The van der Waals surface area contributed by atoms with Crippen LogP contribution in [0.5, 0.6) is 0 Å². The Hall–Kier alpha value is -2.99. The van der Waals surface area contributed by atoms with Crippen LogP contribution in [0.25, 0.3) is 0 Å². The Balaban J connectivity index is 3.99. The van der Waals surface area contributed by atoms with Gasteiger partial charge in [-0.3, -0.25) is 30.3 Å². The molecule has 0 atom stereocenters. The molecule has 0 aromatic heterocycles. The largest absolute Gasteiger partial charge is 0.429 e. The molecule has 20 heavy (non-hydrogen) atoms. The summed E-state index contributed by atoms with van der Waals surface area (Å²) in [7, 11) is 0. The fourth-order valence-electron chi connectivity index (χ4n) is 1.42. The third-order valence-electron chi connectivity index (χ3n) is 2.16. The van der Waals surface area contributed by atoms with Crippen LogP contribution in [0.1, 0.15) is 5.56 Å². The molecule has 1 aromatic carbocycles. The van der Waals surface area contributed by atoms with Gasteiger partial charge in [0.25, 0.3) is 5.69 Å². The van der Waals surface area contributed by atoms with Gasteiger partial charge in [0.1, 0.15) is 0 Å². The van der Waals surface area contributed by atoms with Crippen LogP contribution in [0, 0.1) is 30.3 Å². The van der Waals surface area contributed by atoms with E-state index in [2.05, 4.69) is 0 Å². The molecule has 0 aliphatic rings. The second-order valence-corrected chi connectivity index (χ2v) is 3.32. The van der Waals surface area contributed by atoms with Gasteiger partial charge in [-0.15, -0.1) is 0 Å². The van der Waals surface area contributed by atoms with Gasteiger partial charge in [-0.25, -0.2) is 0 Å². The van der Waals surface area contributed by atoms with Crippen molar-refractivity contribution in [1.29, 1.82) is 0 Å². The van der Waals surface area contributed by atoms with E-state index in [1.165, 1.54) is 0 Å². The SMILES string of the molecule is Nc1c([N+](=O)[O-])cc([N+](=O)[O-])c(C(F)(F)F)c1[N+](=O)[O-]. The minimum atomic E-state index is -5.48. The number of nitrogens with zero attached hydrogens (tertiary/aromatic N) is 3. The number of nitrogens with two attached hydrogens (primary N) is 1. The maximum Gasteiger partial charge on any atom is 0.429 e. The van der Waals surface area contributed by atoms with Crippen molar-refractivity contribution in [1.82, 2.24) is 0 Å². The normalized spacial score (nSPS) is 11.2. The molecule has 108 valence electrons. The van der Waals surface area contributed by atoms with Crippen molar-refractivity contribution in [2.45, 2.75) is 6.18 Å². The topological polar surface area (TPSA) is 155 Å². The summed E-state index contributed by atoms with van der Waals surface area (Å²) in [6.45, 7) is 0. The summed E-state index contributed by atoms with van der Waals surface area (Å²) in [5, 5.41) is 31.7. The molecule has 0 fully saturated rings. The van der Waals surface area contributed by atoms with Gasteiger partial charge in [0.15, 0.2) is 5.69 Å². The quantitative estimate of drug-likeness (QED) is 0.507.